The van der Waals surface area contributed by atoms with Gasteiger partial charge in [0.2, 0.25) is 0 Å². The SMILES string of the molecule is COc1cccc(C(=O)NCc2ccccn2)c1OC. The van der Waals surface area contributed by atoms with Gasteiger partial charge in [-0.2, -0.15) is 0 Å². The predicted octanol–water partition coefficient (Wildman–Crippen LogP) is 2.03. The van der Waals surface area contributed by atoms with E-state index < -0.39 is 0 Å². The normalized spacial score (nSPS) is 9.90. The number of hydrogen-bond acceptors (Lipinski definition) is 4. The molecule has 2 aromatic rings. The Morgan fingerprint density at radius 1 is 1.15 bits per heavy atom. The molecule has 5 heteroatoms. The van der Waals surface area contributed by atoms with Crippen LogP contribution in [0.25, 0.3) is 0 Å². The van der Waals surface area contributed by atoms with Crippen LogP contribution in [0.1, 0.15) is 16.1 Å². The Hall–Kier alpha value is -2.56. The van der Waals surface area contributed by atoms with E-state index in [1.165, 1.54) is 14.2 Å². The zero-order chi connectivity index (χ0) is 14.4. The summed E-state index contributed by atoms with van der Waals surface area (Å²) in [5, 5.41) is 2.80. The van der Waals surface area contributed by atoms with E-state index in [9.17, 15) is 4.79 Å². The Balaban J connectivity index is 2.13. The first kappa shape index (κ1) is 13.9. The molecule has 1 N–H and O–H groups in total. The molecule has 20 heavy (non-hydrogen) atoms. The minimum atomic E-state index is -0.230. The molecular formula is C15H16N2O3. The summed E-state index contributed by atoms with van der Waals surface area (Å²) >= 11 is 0. The molecule has 1 aromatic carbocycles. The summed E-state index contributed by atoms with van der Waals surface area (Å²) in [6.45, 7) is 0.361. The molecule has 0 aliphatic heterocycles. The number of carbonyl (C=O) groups excluding carboxylic acids is 1. The largest absolute Gasteiger partial charge is 0.493 e. The number of nitrogens with one attached hydrogen (secondary N) is 1. The van der Waals surface area contributed by atoms with E-state index in [0.717, 1.165) is 5.69 Å². The number of ether oxygens (including phenoxy) is 2. The monoisotopic (exact) mass is 272 g/mol. The third-order valence-corrected chi connectivity index (χ3v) is 2.80. The standard InChI is InChI=1S/C15H16N2O3/c1-19-13-8-5-7-12(14(13)20-2)15(18)17-10-11-6-3-4-9-16-11/h3-9H,10H2,1-2H3,(H,17,18). The van der Waals surface area contributed by atoms with Crippen LogP contribution in [0.5, 0.6) is 11.5 Å². The summed E-state index contributed by atoms with van der Waals surface area (Å²) in [7, 11) is 3.04. The quantitative estimate of drug-likeness (QED) is 0.904. The average molecular weight is 272 g/mol. The van der Waals surface area contributed by atoms with Crippen molar-refractivity contribution in [2.45, 2.75) is 6.54 Å². The summed E-state index contributed by atoms with van der Waals surface area (Å²) < 4.78 is 10.4. The molecule has 0 aliphatic carbocycles. The van der Waals surface area contributed by atoms with E-state index in [4.69, 9.17) is 9.47 Å². The zero-order valence-corrected chi connectivity index (χ0v) is 11.4. The first-order valence-electron chi connectivity index (χ1n) is 6.15. The topological polar surface area (TPSA) is 60.5 Å². The summed E-state index contributed by atoms with van der Waals surface area (Å²) in [5.41, 5.74) is 1.23. The summed E-state index contributed by atoms with van der Waals surface area (Å²) in [5.74, 6) is 0.720. The molecule has 0 spiro atoms. The van der Waals surface area contributed by atoms with Crippen molar-refractivity contribution in [3.8, 4) is 11.5 Å². The molecule has 2 rings (SSSR count). The molecular weight excluding hydrogens is 256 g/mol. The van der Waals surface area contributed by atoms with Gasteiger partial charge in [0, 0.05) is 6.20 Å². The zero-order valence-electron chi connectivity index (χ0n) is 11.4. The van der Waals surface area contributed by atoms with Gasteiger partial charge < -0.3 is 14.8 Å². The van der Waals surface area contributed by atoms with Gasteiger partial charge in [0.15, 0.2) is 11.5 Å². The van der Waals surface area contributed by atoms with E-state index in [-0.39, 0.29) is 5.91 Å². The molecule has 0 bridgehead atoms. The molecule has 0 radical (unpaired) electrons. The lowest BCUT2D eigenvalue weighted by molar-refractivity contribution is 0.0946. The van der Waals surface area contributed by atoms with Crippen LogP contribution in [0.2, 0.25) is 0 Å². The number of para-hydroxylation sites is 1. The third-order valence-electron chi connectivity index (χ3n) is 2.80. The van der Waals surface area contributed by atoms with Gasteiger partial charge in [-0.05, 0) is 24.3 Å². The van der Waals surface area contributed by atoms with Crippen LogP contribution >= 0.6 is 0 Å². The van der Waals surface area contributed by atoms with E-state index >= 15 is 0 Å². The number of hydrogen-bond donors (Lipinski definition) is 1. The fraction of sp³-hybridized carbons (Fsp3) is 0.200. The number of carbonyl (C=O) groups is 1. The molecule has 1 aromatic heterocycles. The highest BCUT2D eigenvalue weighted by molar-refractivity contribution is 5.97. The second-order valence-corrected chi connectivity index (χ2v) is 4.04. The maximum Gasteiger partial charge on any atom is 0.255 e. The highest BCUT2D eigenvalue weighted by Crippen LogP contribution is 2.30. The number of nitrogens with zero attached hydrogens (tertiary/aromatic N) is 1. The van der Waals surface area contributed by atoms with Gasteiger partial charge in [0.05, 0.1) is 32.0 Å². The molecule has 0 saturated heterocycles. The first-order chi connectivity index (χ1) is 9.76. The Labute approximate surface area is 117 Å². The molecule has 5 nitrogen and oxygen atoms in total. The van der Waals surface area contributed by atoms with Crippen LogP contribution in [0, 0.1) is 0 Å². The van der Waals surface area contributed by atoms with Crippen LogP contribution in [-0.4, -0.2) is 25.1 Å². The van der Waals surface area contributed by atoms with Gasteiger partial charge in [0.1, 0.15) is 0 Å². The van der Waals surface area contributed by atoms with Gasteiger partial charge >= 0.3 is 0 Å². The lowest BCUT2D eigenvalue weighted by Crippen LogP contribution is -2.23. The van der Waals surface area contributed by atoms with Crippen molar-refractivity contribution in [3.05, 3.63) is 53.9 Å². The highest BCUT2D eigenvalue weighted by Gasteiger charge is 2.15. The smallest absolute Gasteiger partial charge is 0.255 e. The molecule has 1 heterocycles. The van der Waals surface area contributed by atoms with Crippen molar-refractivity contribution in [3.63, 3.8) is 0 Å². The molecule has 0 fully saturated rings. The molecule has 104 valence electrons. The van der Waals surface area contributed by atoms with Crippen LogP contribution < -0.4 is 14.8 Å². The molecule has 0 unspecified atom stereocenters. The molecule has 0 saturated carbocycles. The number of methoxy groups -OCH3 is 2. The Bertz CT molecular complexity index is 585. The van der Waals surface area contributed by atoms with Crippen molar-refractivity contribution in [1.82, 2.24) is 10.3 Å². The van der Waals surface area contributed by atoms with Crippen LogP contribution in [0.15, 0.2) is 42.6 Å². The number of benzene rings is 1. The van der Waals surface area contributed by atoms with Crippen molar-refractivity contribution in [2.24, 2.45) is 0 Å². The van der Waals surface area contributed by atoms with Gasteiger partial charge in [-0.3, -0.25) is 9.78 Å². The Morgan fingerprint density at radius 3 is 2.65 bits per heavy atom. The van der Waals surface area contributed by atoms with Gasteiger partial charge in [-0.1, -0.05) is 12.1 Å². The molecule has 0 aliphatic rings. The Morgan fingerprint density at radius 2 is 2.00 bits per heavy atom. The van der Waals surface area contributed by atoms with Gasteiger partial charge in [-0.25, -0.2) is 0 Å². The molecule has 1 amide bonds. The lowest BCUT2D eigenvalue weighted by Gasteiger charge is -2.12. The van der Waals surface area contributed by atoms with Crippen LogP contribution in [0.3, 0.4) is 0 Å². The summed E-state index contributed by atoms with van der Waals surface area (Å²) in [4.78, 5) is 16.3. The van der Waals surface area contributed by atoms with E-state index in [1.54, 1.807) is 24.4 Å². The fourth-order valence-electron chi connectivity index (χ4n) is 1.83. The number of pyridine rings is 1. The maximum atomic E-state index is 12.2. The first-order valence-corrected chi connectivity index (χ1v) is 6.15. The number of rotatable bonds is 5. The van der Waals surface area contributed by atoms with E-state index in [0.29, 0.717) is 23.6 Å². The highest BCUT2D eigenvalue weighted by atomic mass is 16.5. The predicted molar refractivity (Wildman–Crippen MR) is 75.0 cm³/mol. The van der Waals surface area contributed by atoms with Gasteiger partial charge in [-0.15, -0.1) is 0 Å². The van der Waals surface area contributed by atoms with E-state index in [2.05, 4.69) is 10.3 Å². The Kier molecular flexibility index (Phi) is 4.55. The summed E-state index contributed by atoms with van der Waals surface area (Å²) in [6, 6.07) is 10.7. The van der Waals surface area contributed by atoms with Crippen molar-refractivity contribution in [1.29, 1.82) is 0 Å². The second kappa shape index (κ2) is 6.56. The average Bonchev–Trinajstić information content (AvgIpc) is 2.52. The number of aromatic nitrogens is 1. The third kappa shape index (κ3) is 3.06. The minimum absolute atomic E-state index is 0.230. The van der Waals surface area contributed by atoms with Crippen LogP contribution in [0.4, 0.5) is 0 Å². The van der Waals surface area contributed by atoms with Crippen molar-refractivity contribution >= 4 is 5.91 Å². The second-order valence-electron chi connectivity index (χ2n) is 4.04. The van der Waals surface area contributed by atoms with Crippen molar-refractivity contribution in [2.75, 3.05) is 14.2 Å². The lowest BCUT2D eigenvalue weighted by atomic mass is 10.1. The maximum absolute atomic E-state index is 12.2. The van der Waals surface area contributed by atoms with Crippen molar-refractivity contribution < 1.29 is 14.3 Å². The van der Waals surface area contributed by atoms with Crippen LogP contribution in [-0.2, 0) is 6.54 Å². The number of amides is 1. The summed E-state index contributed by atoms with van der Waals surface area (Å²) in [6.07, 6.45) is 1.69. The van der Waals surface area contributed by atoms with E-state index in [1.807, 2.05) is 18.2 Å². The molecule has 0 atom stereocenters. The fourth-order valence-corrected chi connectivity index (χ4v) is 1.83. The van der Waals surface area contributed by atoms with Gasteiger partial charge in [0.25, 0.3) is 5.91 Å². The minimum Gasteiger partial charge on any atom is -0.493 e.